The van der Waals surface area contributed by atoms with Crippen LogP contribution in [-0.4, -0.2) is 82.2 Å². The van der Waals surface area contributed by atoms with Crippen molar-refractivity contribution in [3.8, 4) is 11.5 Å². The summed E-state index contributed by atoms with van der Waals surface area (Å²) in [6.07, 6.45) is -0.340. The van der Waals surface area contributed by atoms with Crippen molar-refractivity contribution in [2.45, 2.75) is 50.7 Å². The molecule has 2 N–H and O–H groups in total. The van der Waals surface area contributed by atoms with Crippen LogP contribution in [-0.2, 0) is 19.2 Å². The highest BCUT2D eigenvalue weighted by Gasteiger charge is 2.31. The highest BCUT2D eigenvalue weighted by molar-refractivity contribution is 6.02. The summed E-state index contributed by atoms with van der Waals surface area (Å²) in [4.78, 5) is 48.5. The first kappa shape index (κ1) is 23.7. The Labute approximate surface area is 185 Å². The van der Waals surface area contributed by atoms with Gasteiger partial charge in [0.05, 0.1) is 38.5 Å². The van der Waals surface area contributed by atoms with E-state index in [1.165, 1.54) is 0 Å². The number of carbonyl (C=O) groups excluding carboxylic acids is 4. The molecule has 2 atom stereocenters. The molecule has 0 radical (unpaired) electrons. The van der Waals surface area contributed by atoms with Crippen molar-refractivity contribution in [1.82, 2.24) is 9.80 Å². The first-order valence-electron chi connectivity index (χ1n) is 10.7. The summed E-state index contributed by atoms with van der Waals surface area (Å²) < 4.78 is 11.1. The van der Waals surface area contributed by atoms with E-state index in [9.17, 15) is 29.4 Å². The zero-order valence-corrected chi connectivity index (χ0v) is 17.8. The molecule has 174 valence electrons. The van der Waals surface area contributed by atoms with E-state index in [2.05, 4.69) is 0 Å². The van der Waals surface area contributed by atoms with Crippen molar-refractivity contribution >= 4 is 23.6 Å². The van der Waals surface area contributed by atoms with Gasteiger partial charge < -0.3 is 19.7 Å². The number of hydrogen-bond acceptors (Lipinski definition) is 8. The fourth-order valence-electron chi connectivity index (χ4n) is 3.51. The Kier molecular flexibility index (Phi) is 8.18. The Balaban J connectivity index is 1.31. The third-order valence-corrected chi connectivity index (χ3v) is 5.36. The second-order valence-electron chi connectivity index (χ2n) is 7.85. The number of β-amino-alcohol motifs (C(OH)–C–C–N with tert-alkyl or cyclic N) is 2. The molecule has 3 rings (SSSR count). The fourth-order valence-corrected chi connectivity index (χ4v) is 3.51. The number of likely N-dealkylation sites (tertiary alicyclic amines) is 2. The Morgan fingerprint density at radius 3 is 1.28 bits per heavy atom. The van der Waals surface area contributed by atoms with Crippen molar-refractivity contribution < 1.29 is 38.9 Å². The maximum Gasteiger partial charge on any atom is 0.229 e. The maximum absolute atomic E-state index is 11.6. The van der Waals surface area contributed by atoms with Gasteiger partial charge in [0.25, 0.3) is 0 Å². The number of carbonyl (C=O) groups is 4. The molecular formula is C22H28N2O8. The van der Waals surface area contributed by atoms with Crippen molar-refractivity contribution in [2.75, 3.05) is 26.3 Å². The van der Waals surface area contributed by atoms with Crippen molar-refractivity contribution in [2.24, 2.45) is 0 Å². The molecule has 1 aromatic carbocycles. The molecule has 2 heterocycles. The van der Waals surface area contributed by atoms with E-state index in [4.69, 9.17) is 9.47 Å². The van der Waals surface area contributed by atoms with E-state index < -0.39 is 12.2 Å². The van der Waals surface area contributed by atoms with Crippen LogP contribution in [0.15, 0.2) is 24.3 Å². The second kappa shape index (κ2) is 11.1. The van der Waals surface area contributed by atoms with E-state index in [0.717, 1.165) is 9.80 Å². The summed E-state index contributed by atoms with van der Waals surface area (Å²) in [5.74, 6) is 0.132. The summed E-state index contributed by atoms with van der Waals surface area (Å²) >= 11 is 0. The third-order valence-electron chi connectivity index (χ3n) is 5.36. The molecule has 0 aromatic heterocycles. The molecule has 10 nitrogen and oxygen atoms in total. The number of hydrogen-bond donors (Lipinski definition) is 2. The number of nitrogens with zero attached hydrogens (tertiary/aromatic N) is 2. The summed E-state index contributed by atoms with van der Waals surface area (Å²) in [5.41, 5.74) is 0. The van der Waals surface area contributed by atoms with Crippen LogP contribution < -0.4 is 9.47 Å². The van der Waals surface area contributed by atoms with Crippen molar-refractivity contribution in [3.05, 3.63) is 24.3 Å². The van der Waals surface area contributed by atoms with Crippen molar-refractivity contribution in [1.29, 1.82) is 0 Å². The molecule has 4 amide bonds. The lowest BCUT2D eigenvalue weighted by Crippen LogP contribution is -2.37. The predicted octanol–water partition coefficient (Wildman–Crippen LogP) is 0.244. The van der Waals surface area contributed by atoms with E-state index in [-0.39, 0.29) is 88.5 Å². The standard InChI is InChI=1S/C22H28N2O8/c25-15(13-23-19(27)5-6-20(23)28)9-11-31-17-1-2-18(4-3-17)32-12-10-16(26)14-24-21(29)7-8-22(24)30/h1-4,15-16,25-26H,5-14H2/t15-,16-/m0/s1. The second-order valence-corrected chi connectivity index (χ2v) is 7.85. The van der Waals surface area contributed by atoms with Gasteiger partial charge in [-0.3, -0.25) is 29.0 Å². The van der Waals surface area contributed by atoms with Crippen molar-refractivity contribution in [3.63, 3.8) is 0 Å². The van der Waals surface area contributed by atoms with Gasteiger partial charge in [-0.05, 0) is 24.3 Å². The molecule has 0 spiro atoms. The minimum absolute atomic E-state index is 0.0142. The van der Waals surface area contributed by atoms with Crippen LogP contribution in [0.4, 0.5) is 0 Å². The van der Waals surface area contributed by atoms with Crippen LogP contribution in [0.3, 0.4) is 0 Å². The first-order valence-corrected chi connectivity index (χ1v) is 10.7. The van der Waals surface area contributed by atoms with Gasteiger partial charge in [-0.2, -0.15) is 0 Å². The Hall–Kier alpha value is -2.98. The fraction of sp³-hybridized carbons (Fsp3) is 0.545. The highest BCUT2D eigenvalue weighted by Crippen LogP contribution is 2.19. The molecule has 0 unspecified atom stereocenters. The summed E-state index contributed by atoms with van der Waals surface area (Å²) in [7, 11) is 0. The van der Waals surface area contributed by atoms with Crippen LogP contribution in [0, 0.1) is 0 Å². The molecule has 2 aliphatic heterocycles. The Bertz CT molecular complexity index is 740. The normalized spacial score (nSPS) is 18.4. The van der Waals surface area contributed by atoms with Crippen LogP contribution >= 0.6 is 0 Å². The van der Waals surface area contributed by atoms with Gasteiger partial charge in [0.15, 0.2) is 0 Å². The van der Waals surface area contributed by atoms with Gasteiger partial charge in [-0.25, -0.2) is 0 Å². The lowest BCUT2D eigenvalue weighted by atomic mass is 10.2. The molecular weight excluding hydrogens is 420 g/mol. The SMILES string of the molecule is O=C1CCC(=O)N1C[C@@H](O)CCOc1ccc(OCC[C@H](O)CN2C(=O)CCC2=O)cc1. The number of aliphatic hydroxyl groups is 2. The predicted molar refractivity (Wildman–Crippen MR) is 111 cm³/mol. The zero-order chi connectivity index (χ0) is 23.1. The molecule has 32 heavy (non-hydrogen) atoms. The van der Waals surface area contributed by atoms with Crippen LogP contribution in [0.2, 0.25) is 0 Å². The maximum atomic E-state index is 11.6. The average Bonchev–Trinajstić information content (AvgIpc) is 3.25. The molecule has 1 aromatic rings. The largest absolute Gasteiger partial charge is 0.493 e. The number of rotatable bonds is 12. The van der Waals surface area contributed by atoms with Gasteiger partial charge in [0.1, 0.15) is 11.5 Å². The first-order chi connectivity index (χ1) is 15.3. The number of ether oxygens (including phenoxy) is 2. The average molecular weight is 448 g/mol. The van der Waals surface area contributed by atoms with Gasteiger partial charge in [0.2, 0.25) is 23.6 Å². The molecule has 0 saturated carbocycles. The lowest BCUT2D eigenvalue weighted by Gasteiger charge is -2.19. The topological polar surface area (TPSA) is 134 Å². The number of benzene rings is 1. The Morgan fingerprint density at radius 1 is 0.656 bits per heavy atom. The minimum Gasteiger partial charge on any atom is -0.493 e. The number of aliphatic hydroxyl groups excluding tert-OH is 2. The molecule has 10 heteroatoms. The summed E-state index contributed by atoms with van der Waals surface area (Å²) in [5, 5.41) is 20.0. The van der Waals surface area contributed by atoms with Crippen LogP contribution in [0.25, 0.3) is 0 Å². The highest BCUT2D eigenvalue weighted by atomic mass is 16.5. The smallest absolute Gasteiger partial charge is 0.229 e. The lowest BCUT2D eigenvalue weighted by molar-refractivity contribution is -0.141. The summed E-state index contributed by atoms with van der Waals surface area (Å²) in [6, 6.07) is 6.81. The molecule has 0 aliphatic carbocycles. The van der Waals surface area contributed by atoms with Crippen LogP contribution in [0.1, 0.15) is 38.5 Å². The quantitative estimate of drug-likeness (QED) is 0.435. The van der Waals surface area contributed by atoms with Gasteiger partial charge in [0, 0.05) is 38.5 Å². The monoisotopic (exact) mass is 448 g/mol. The van der Waals surface area contributed by atoms with E-state index >= 15 is 0 Å². The Morgan fingerprint density at radius 2 is 0.969 bits per heavy atom. The van der Waals surface area contributed by atoms with Gasteiger partial charge in [-0.1, -0.05) is 0 Å². The van der Waals surface area contributed by atoms with E-state index in [1.807, 2.05) is 0 Å². The summed E-state index contributed by atoms with van der Waals surface area (Å²) in [6.45, 7) is 0.412. The minimum atomic E-state index is -0.846. The molecule has 0 bridgehead atoms. The zero-order valence-electron chi connectivity index (χ0n) is 17.8. The molecule has 2 saturated heterocycles. The van der Waals surface area contributed by atoms with Crippen LogP contribution in [0.5, 0.6) is 11.5 Å². The van der Waals surface area contributed by atoms with E-state index in [1.54, 1.807) is 24.3 Å². The molecule has 2 aliphatic rings. The third kappa shape index (κ3) is 6.51. The number of amides is 4. The van der Waals surface area contributed by atoms with Gasteiger partial charge in [-0.15, -0.1) is 0 Å². The van der Waals surface area contributed by atoms with E-state index in [0.29, 0.717) is 11.5 Å². The molecule has 2 fully saturated rings. The number of imide groups is 2. The van der Waals surface area contributed by atoms with Gasteiger partial charge >= 0.3 is 0 Å².